The summed E-state index contributed by atoms with van der Waals surface area (Å²) < 4.78 is 5.41. The van der Waals surface area contributed by atoms with E-state index in [0.717, 1.165) is 60.0 Å². The van der Waals surface area contributed by atoms with Crippen molar-refractivity contribution in [2.24, 2.45) is 4.99 Å². The third-order valence-corrected chi connectivity index (χ3v) is 5.04. The van der Waals surface area contributed by atoms with Gasteiger partial charge in [-0.05, 0) is 30.5 Å². The van der Waals surface area contributed by atoms with Crippen molar-refractivity contribution >= 4 is 41.5 Å². The molecule has 0 spiro atoms. The highest BCUT2D eigenvalue weighted by Crippen LogP contribution is 2.21. The number of hydrogen-bond acceptors (Lipinski definition) is 4. The number of carbonyl (C=O) groups excluding carboxylic acids is 1. The summed E-state index contributed by atoms with van der Waals surface area (Å²) in [5, 5.41) is 10.8. The molecule has 2 N–H and O–H groups in total. The molecular formula is C21H30IN5O2. The average molecular weight is 511 g/mol. The summed E-state index contributed by atoms with van der Waals surface area (Å²) in [7, 11) is 1.76. The number of aliphatic imine (C=N–C) groups is 1. The molecule has 1 fully saturated rings. The van der Waals surface area contributed by atoms with Gasteiger partial charge in [0.1, 0.15) is 5.76 Å². The van der Waals surface area contributed by atoms with Crippen molar-refractivity contribution in [3.05, 3.63) is 46.8 Å². The lowest BCUT2D eigenvalue weighted by Gasteiger charge is -2.16. The monoisotopic (exact) mass is 511 g/mol. The number of aryl methyl sites for hydroxylation is 2. The van der Waals surface area contributed by atoms with E-state index < -0.39 is 0 Å². The van der Waals surface area contributed by atoms with Crippen LogP contribution in [0.15, 0.2) is 33.8 Å². The molecule has 0 aliphatic carbocycles. The summed E-state index contributed by atoms with van der Waals surface area (Å²) in [6.45, 7) is 6.24. The number of anilines is 1. The summed E-state index contributed by atoms with van der Waals surface area (Å²) in [4.78, 5) is 18.0. The first-order valence-corrected chi connectivity index (χ1v) is 9.96. The molecule has 1 aromatic carbocycles. The Morgan fingerprint density at radius 2 is 1.90 bits per heavy atom. The third-order valence-electron chi connectivity index (χ3n) is 5.04. The van der Waals surface area contributed by atoms with Gasteiger partial charge in [-0.15, -0.1) is 24.0 Å². The summed E-state index contributed by atoms with van der Waals surface area (Å²) in [5.74, 6) is 1.86. The van der Waals surface area contributed by atoms with Gasteiger partial charge in [0, 0.05) is 50.8 Å². The Morgan fingerprint density at radius 1 is 1.17 bits per heavy atom. The SMILES string of the molecule is CCc1noc(CC)c1CNC(=NC)NCc1ccc(N2CCCC2=O)cc1.I. The van der Waals surface area contributed by atoms with Crippen molar-refractivity contribution in [1.82, 2.24) is 15.8 Å². The van der Waals surface area contributed by atoms with Crippen molar-refractivity contribution < 1.29 is 9.32 Å². The quantitative estimate of drug-likeness (QED) is 0.338. The molecule has 1 amide bonds. The molecule has 29 heavy (non-hydrogen) atoms. The molecule has 2 heterocycles. The number of guanidine groups is 1. The number of aromatic nitrogens is 1. The standard InChI is InChI=1S/C21H29N5O2.HI/c1-4-18-17(19(5-2)28-25-18)14-24-21(22-3)23-13-15-8-10-16(11-9-15)26-12-6-7-20(26)27;/h8-11H,4-7,12-14H2,1-3H3,(H2,22,23,24);1H. The summed E-state index contributed by atoms with van der Waals surface area (Å²) in [5.41, 5.74) is 4.21. The van der Waals surface area contributed by atoms with Gasteiger partial charge in [0.25, 0.3) is 0 Å². The number of benzene rings is 1. The van der Waals surface area contributed by atoms with Crippen LogP contribution in [0.3, 0.4) is 0 Å². The topological polar surface area (TPSA) is 82.8 Å². The molecule has 0 unspecified atom stereocenters. The number of halogens is 1. The van der Waals surface area contributed by atoms with Crippen molar-refractivity contribution in [1.29, 1.82) is 0 Å². The van der Waals surface area contributed by atoms with Crippen LogP contribution in [-0.2, 0) is 30.7 Å². The Kier molecular flexibility index (Phi) is 8.94. The summed E-state index contributed by atoms with van der Waals surface area (Å²) >= 11 is 0. The molecule has 3 rings (SSSR count). The van der Waals surface area contributed by atoms with Crippen molar-refractivity contribution in [3.63, 3.8) is 0 Å². The lowest BCUT2D eigenvalue weighted by Crippen LogP contribution is -2.36. The number of nitrogens with zero attached hydrogens (tertiary/aromatic N) is 3. The molecule has 0 bridgehead atoms. The third kappa shape index (κ3) is 5.71. The zero-order chi connectivity index (χ0) is 19.9. The van der Waals surface area contributed by atoms with Gasteiger partial charge in [-0.3, -0.25) is 9.79 Å². The Hall–Kier alpha value is -2.10. The molecule has 2 aromatic rings. The number of rotatable bonds is 7. The Morgan fingerprint density at radius 3 is 2.48 bits per heavy atom. The molecule has 1 saturated heterocycles. The second-order valence-corrected chi connectivity index (χ2v) is 6.83. The molecule has 8 heteroatoms. The van der Waals surface area contributed by atoms with Crippen molar-refractivity contribution in [2.75, 3.05) is 18.5 Å². The first-order chi connectivity index (χ1) is 13.7. The maximum atomic E-state index is 11.9. The minimum Gasteiger partial charge on any atom is -0.361 e. The predicted octanol–water partition coefficient (Wildman–Crippen LogP) is 3.41. The number of amides is 1. The van der Waals surface area contributed by atoms with Crippen LogP contribution in [0.4, 0.5) is 5.69 Å². The van der Waals surface area contributed by atoms with Gasteiger partial charge in [-0.25, -0.2) is 0 Å². The normalized spacial score (nSPS) is 14.1. The van der Waals surface area contributed by atoms with E-state index in [4.69, 9.17) is 4.52 Å². The molecule has 0 saturated carbocycles. The van der Waals surface area contributed by atoms with Gasteiger partial charge in [-0.1, -0.05) is 31.1 Å². The zero-order valence-corrected chi connectivity index (χ0v) is 19.7. The number of nitrogens with one attached hydrogen (secondary N) is 2. The zero-order valence-electron chi connectivity index (χ0n) is 17.3. The van der Waals surface area contributed by atoms with Gasteiger partial charge < -0.3 is 20.1 Å². The number of carbonyl (C=O) groups is 1. The Bertz CT molecular complexity index is 811. The van der Waals surface area contributed by atoms with E-state index in [1.54, 1.807) is 7.05 Å². The van der Waals surface area contributed by atoms with E-state index in [1.165, 1.54) is 0 Å². The molecule has 1 aromatic heterocycles. The molecule has 158 valence electrons. The van der Waals surface area contributed by atoms with E-state index in [0.29, 0.717) is 19.5 Å². The second-order valence-electron chi connectivity index (χ2n) is 6.83. The van der Waals surface area contributed by atoms with Crippen LogP contribution in [0.5, 0.6) is 0 Å². The van der Waals surface area contributed by atoms with E-state index >= 15 is 0 Å². The largest absolute Gasteiger partial charge is 0.361 e. The van der Waals surface area contributed by atoms with Gasteiger partial charge in [0.2, 0.25) is 5.91 Å². The average Bonchev–Trinajstić information content (AvgIpc) is 3.34. The van der Waals surface area contributed by atoms with Crippen molar-refractivity contribution in [2.45, 2.75) is 52.6 Å². The van der Waals surface area contributed by atoms with E-state index in [1.807, 2.05) is 29.2 Å². The Balaban J connectivity index is 0.00000300. The van der Waals surface area contributed by atoms with Crippen LogP contribution in [0, 0.1) is 0 Å². The molecular weight excluding hydrogens is 481 g/mol. The second kappa shape index (κ2) is 11.2. The molecule has 0 atom stereocenters. The fraction of sp³-hybridized carbons (Fsp3) is 0.476. The van der Waals surface area contributed by atoms with Crippen LogP contribution < -0.4 is 15.5 Å². The van der Waals surface area contributed by atoms with Crippen molar-refractivity contribution in [3.8, 4) is 0 Å². The molecule has 0 radical (unpaired) electrons. The van der Waals surface area contributed by atoms with Crippen LogP contribution in [0.1, 0.15) is 49.3 Å². The number of hydrogen-bond donors (Lipinski definition) is 2. The fourth-order valence-electron chi connectivity index (χ4n) is 3.43. The maximum absolute atomic E-state index is 11.9. The Labute approximate surface area is 189 Å². The lowest BCUT2D eigenvalue weighted by atomic mass is 10.1. The maximum Gasteiger partial charge on any atom is 0.227 e. The molecule has 1 aliphatic rings. The first kappa shape index (κ1) is 23.2. The highest BCUT2D eigenvalue weighted by molar-refractivity contribution is 14.0. The lowest BCUT2D eigenvalue weighted by molar-refractivity contribution is -0.117. The van der Waals surface area contributed by atoms with Gasteiger partial charge in [0.15, 0.2) is 5.96 Å². The van der Waals surface area contributed by atoms with E-state index in [-0.39, 0.29) is 29.9 Å². The van der Waals surface area contributed by atoms with E-state index in [2.05, 4.69) is 34.6 Å². The van der Waals surface area contributed by atoms with Crippen LogP contribution in [0.25, 0.3) is 0 Å². The van der Waals surface area contributed by atoms with Gasteiger partial charge >= 0.3 is 0 Å². The predicted molar refractivity (Wildman–Crippen MR) is 126 cm³/mol. The highest BCUT2D eigenvalue weighted by atomic mass is 127. The van der Waals surface area contributed by atoms with E-state index in [9.17, 15) is 4.79 Å². The first-order valence-electron chi connectivity index (χ1n) is 9.96. The molecule has 1 aliphatic heterocycles. The van der Waals surface area contributed by atoms with Crippen LogP contribution in [-0.4, -0.2) is 30.6 Å². The fourth-order valence-corrected chi connectivity index (χ4v) is 3.43. The van der Waals surface area contributed by atoms with Crippen LogP contribution in [0.2, 0.25) is 0 Å². The summed E-state index contributed by atoms with van der Waals surface area (Å²) in [6, 6.07) is 8.11. The smallest absolute Gasteiger partial charge is 0.227 e. The van der Waals surface area contributed by atoms with Gasteiger partial charge in [-0.2, -0.15) is 0 Å². The summed E-state index contributed by atoms with van der Waals surface area (Å²) in [6.07, 6.45) is 3.26. The van der Waals surface area contributed by atoms with Gasteiger partial charge in [0.05, 0.1) is 5.69 Å². The minimum atomic E-state index is 0. The minimum absolute atomic E-state index is 0. The molecule has 7 nitrogen and oxygen atoms in total. The highest BCUT2D eigenvalue weighted by Gasteiger charge is 2.21. The van der Waals surface area contributed by atoms with Crippen LogP contribution >= 0.6 is 24.0 Å².